The molecule has 3 heterocycles. The van der Waals surface area contributed by atoms with E-state index in [4.69, 9.17) is 16.3 Å². The van der Waals surface area contributed by atoms with E-state index in [0.29, 0.717) is 29.6 Å². The van der Waals surface area contributed by atoms with Gasteiger partial charge in [0, 0.05) is 42.0 Å². The number of fused-ring (bicyclic) bond motifs is 1. The Labute approximate surface area is 175 Å². The molecule has 1 aromatic carbocycles. The maximum Gasteiger partial charge on any atom is 0.255 e. The van der Waals surface area contributed by atoms with Gasteiger partial charge in [0.15, 0.2) is 0 Å². The van der Waals surface area contributed by atoms with E-state index in [-0.39, 0.29) is 12.0 Å². The van der Waals surface area contributed by atoms with Gasteiger partial charge in [-0.2, -0.15) is 5.10 Å². The summed E-state index contributed by atoms with van der Waals surface area (Å²) in [4.78, 5) is 19.0. The molecule has 150 valence electrons. The summed E-state index contributed by atoms with van der Waals surface area (Å²) in [7, 11) is 1.93. The predicted octanol–water partition coefficient (Wildman–Crippen LogP) is 4.12. The fourth-order valence-corrected chi connectivity index (χ4v) is 3.88. The number of hydrogen-bond donors (Lipinski definition) is 0. The van der Waals surface area contributed by atoms with Gasteiger partial charge < -0.3 is 9.64 Å². The topological polar surface area (TPSA) is 60.2 Å². The standard InChI is InChI=1S/C22H23ClN4O2/c1-14(2)29-20-8-7-16(12-24-20)22(28)27-10-9-18-19(13-27)25-26(3)21(18)15-5-4-6-17(23)11-15/h4-8,11-12,14H,9-10,13H2,1-3H3. The summed E-state index contributed by atoms with van der Waals surface area (Å²) in [6.45, 7) is 5.00. The maximum absolute atomic E-state index is 12.9. The number of nitrogens with zero attached hydrogens (tertiary/aromatic N) is 4. The lowest BCUT2D eigenvalue weighted by atomic mass is 9.99. The minimum absolute atomic E-state index is 0.0439. The van der Waals surface area contributed by atoms with Crippen molar-refractivity contribution in [2.45, 2.75) is 32.9 Å². The number of amides is 1. The highest BCUT2D eigenvalue weighted by atomic mass is 35.5. The Bertz CT molecular complexity index is 1040. The summed E-state index contributed by atoms with van der Waals surface area (Å²) < 4.78 is 7.43. The van der Waals surface area contributed by atoms with Gasteiger partial charge in [-0.05, 0) is 38.5 Å². The number of rotatable bonds is 4. The summed E-state index contributed by atoms with van der Waals surface area (Å²) in [5.41, 5.74) is 4.76. The lowest BCUT2D eigenvalue weighted by Gasteiger charge is -2.26. The number of carbonyl (C=O) groups excluding carboxylic acids is 1. The van der Waals surface area contributed by atoms with Crippen molar-refractivity contribution in [1.29, 1.82) is 0 Å². The summed E-state index contributed by atoms with van der Waals surface area (Å²) in [5, 5.41) is 5.37. The Morgan fingerprint density at radius 2 is 2.07 bits per heavy atom. The fraction of sp³-hybridized carbons (Fsp3) is 0.318. The number of aryl methyl sites for hydroxylation is 1. The van der Waals surface area contributed by atoms with E-state index in [2.05, 4.69) is 10.1 Å². The zero-order valence-corrected chi connectivity index (χ0v) is 17.5. The van der Waals surface area contributed by atoms with Gasteiger partial charge in [-0.1, -0.05) is 23.7 Å². The van der Waals surface area contributed by atoms with Crippen molar-refractivity contribution in [2.75, 3.05) is 6.54 Å². The van der Waals surface area contributed by atoms with Crippen molar-refractivity contribution in [2.24, 2.45) is 7.05 Å². The van der Waals surface area contributed by atoms with Gasteiger partial charge in [-0.15, -0.1) is 0 Å². The second kappa shape index (κ2) is 7.87. The third kappa shape index (κ3) is 3.98. The van der Waals surface area contributed by atoms with Crippen molar-refractivity contribution < 1.29 is 9.53 Å². The first-order chi connectivity index (χ1) is 13.9. The van der Waals surface area contributed by atoms with Crippen LogP contribution in [-0.2, 0) is 20.0 Å². The highest BCUT2D eigenvalue weighted by molar-refractivity contribution is 6.30. The Morgan fingerprint density at radius 1 is 1.24 bits per heavy atom. The number of halogens is 1. The number of benzene rings is 1. The third-order valence-corrected chi connectivity index (χ3v) is 5.16. The minimum Gasteiger partial charge on any atom is -0.475 e. The summed E-state index contributed by atoms with van der Waals surface area (Å²) in [6, 6.07) is 11.3. The molecule has 1 amide bonds. The van der Waals surface area contributed by atoms with Crippen LogP contribution in [0.3, 0.4) is 0 Å². The average Bonchev–Trinajstić information content (AvgIpc) is 3.02. The molecule has 3 aromatic rings. The first-order valence-corrected chi connectivity index (χ1v) is 10.0. The van der Waals surface area contributed by atoms with Crippen LogP contribution in [0.1, 0.15) is 35.5 Å². The van der Waals surface area contributed by atoms with E-state index in [1.165, 1.54) is 5.56 Å². The molecule has 0 aliphatic carbocycles. The van der Waals surface area contributed by atoms with Crippen LogP contribution in [0.25, 0.3) is 11.3 Å². The molecular formula is C22H23ClN4O2. The molecule has 0 unspecified atom stereocenters. The van der Waals surface area contributed by atoms with Crippen molar-refractivity contribution in [1.82, 2.24) is 19.7 Å². The first-order valence-electron chi connectivity index (χ1n) is 9.65. The molecule has 29 heavy (non-hydrogen) atoms. The number of ether oxygens (including phenoxy) is 1. The molecule has 4 rings (SSSR count). The molecule has 0 fully saturated rings. The molecular weight excluding hydrogens is 388 g/mol. The van der Waals surface area contributed by atoms with Gasteiger partial charge >= 0.3 is 0 Å². The van der Waals surface area contributed by atoms with E-state index in [1.807, 2.05) is 54.7 Å². The second-order valence-electron chi connectivity index (χ2n) is 7.44. The number of pyridine rings is 1. The van der Waals surface area contributed by atoms with Crippen LogP contribution in [0, 0.1) is 0 Å². The zero-order valence-electron chi connectivity index (χ0n) is 16.7. The fourth-order valence-electron chi connectivity index (χ4n) is 3.69. The molecule has 2 aromatic heterocycles. The molecule has 6 nitrogen and oxygen atoms in total. The molecule has 0 spiro atoms. The smallest absolute Gasteiger partial charge is 0.255 e. The molecule has 7 heteroatoms. The highest BCUT2D eigenvalue weighted by Gasteiger charge is 2.27. The van der Waals surface area contributed by atoms with E-state index in [1.54, 1.807) is 18.3 Å². The molecule has 0 radical (unpaired) electrons. The van der Waals surface area contributed by atoms with Gasteiger partial charge in [0.25, 0.3) is 5.91 Å². The van der Waals surface area contributed by atoms with Gasteiger partial charge in [0.1, 0.15) is 0 Å². The third-order valence-electron chi connectivity index (χ3n) is 4.93. The monoisotopic (exact) mass is 410 g/mol. The molecule has 0 N–H and O–H groups in total. The Balaban J connectivity index is 1.55. The average molecular weight is 411 g/mol. The normalized spacial score (nSPS) is 13.5. The lowest BCUT2D eigenvalue weighted by molar-refractivity contribution is 0.0732. The summed E-state index contributed by atoms with van der Waals surface area (Å²) >= 11 is 6.17. The Kier molecular flexibility index (Phi) is 5.28. The Hall–Kier alpha value is -2.86. The van der Waals surface area contributed by atoms with Crippen LogP contribution in [0.4, 0.5) is 0 Å². The maximum atomic E-state index is 12.9. The van der Waals surface area contributed by atoms with Gasteiger partial charge in [-0.3, -0.25) is 9.48 Å². The molecule has 1 aliphatic rings. The zero-order chi connectivity index (χ0) is 20.5. The minimum atomic E-state index is -0.0470. The first kappa shape index (κ1) is 19.5. The van der Waals surface area contributed by atoms with Crippen molar-refractivity contribution >= 4 is 17.5 Å². The van der Waals surface area contributed by atoms with Gasteiger partial charge in [-0.25, -0.2) is 4.98 Å². The molecule has 0 bridgehead atoms. The number of carbonyl (C=O) groups is 1. The van der Waals surface area contributed by atoms with E-state index >= 15 is 0 Å². The van der Waals surface area contributed by atoms with Crippen LogP contribution >= 0.6 is 11.6 Å². The molecule has 1 aliphatic heterocycles. The largest absolute Gasteiger partial charge is 0.475 e. The second-order valence-corrected chi connectivity index (χ2v) is 7.87. The molecule has 0 saturated carbocycles. The SMILES string of the molecule is CC(C)Oc1ccc(C(=O)N2CCc3c(nn(C)c3-c3cccc(Cl)c3)C2)cn1. The van der Waals surface area contributed by atoms with E-state index < -0.39 is 0 Å². The Morgan fingerprint density at radius 3 is 2.76 bits per heavy atom. The summed E-state index contributed by atoms with van der Waals surface area (Å²) in [5.74, 6) is 0.475. The van der Waals surface area contributed by atoms with Crippen molar-refractivity contribution in [3.05, 3.63) is 64.4 Å². The quantitative estimate of drug-likeness (QED) is 0.649. The van der Waals surface area contributed by atoms with E-state index in [0.717, 1.165) is 23.4 Å². The molecule has 0 saturated heterocycles. The highest BCUT2D eigenvalue weighted by Crippen LogP contribution is 2.31. The van der Waals surface area contributed by atoms with Crippen LogP contribution in [-0.4, -0.2) is 38.2 Å². The summed E-state index contributed by atoms with van der Waals surface area (Å²) in [6.07, 6.45) is 2.37. The van der Waals surface area contributed by atoms with Gasteiger partial charge in [0.2, 0.25) is 5.88 Å². The van der Waals surface area contributed by atoms with Crippen molar-refractivity contribution in [3.63, 3.8) is 0 Å². The van der Waals surface area contributed by atoms with Crippen LogP contribution in [0.5, 0.6) is 5.88 Å². The molecule has 0 atom stereocenters. The van der Waals surface area contributed by atoms with Crippen molar-refractivity contribution in [3.8, 4) is 17.1 Å². The van der Waals surface area contributed by atoms with Crippen LogP contribution < -0.4 is 4.74 Å². The van der Waals surface area contributed by atoms with Crippen LogP contribution in [0.15, 0.2) is 42.6 Å². The predicted molar refractivity (Wildman–Crippen MR) is 112 cm³/mol. The lowest BCUT2D eigenvalue weighted by Crippen LogP contribution is -2.36. The van der Waals surface area contributed by atoms with E-state index in [9.17, 15) is 4.79 Å². The number of aromatic nitrogens is 3. The van der Waals surface area contributed by atoms with Crippen LogP contribution in [0.2, 0.25) is 5.02 Å². The number of hydrogen-bond acceptors (Lipinski definition) is 4. The van der Waals surface area contributed by atoms with Gasteiger partial charge in [0.05, 0.1) is 29.6 Å².